The Labute approximate surface area is 98.8 Å². The fourth-order valence-corrected chi connectivity index (χ4v) is 2.28. The first-order valence-electron chi connectivity index (χ1n) is 4.85. The van der Waals surface area contributed by atoms with E-state index in [0.29, 0.717) is 9.99 Å². The lowest BCUT2D eigenvalue weighted by Gasteiger charge is -2.07. The van der Waals surface area contributed by atoms with Gasteiger partial charge in [0.25, 0.3) is 0 Å². The maximum absolute atomic E-state index is 13.4. The third-order valence-electron chi connectivity index (χ3n) is 2.67. The van der Waals surface area contributed by atoms with Crippen molar-refractivity contribution in [2.24, 2.45) is 0 Å². The van der Waals surface area contributed by atoms with Gasteiger partial charge in [-0.2, -0.15) is 0 Å². The van der Waals surface area contributed by atoms with Gasteiger partial charge >= 0.3 is 0 Å². The van der Waals surface area contributed by atoms with Gasteiger partial charge in [0.2, 0.25) is 5.62 Å². The summed E-state index contributed by atoms with van der Waals surface area (Å²) in [6.07, 6.45) is 0. The zero-order valence-electron chi connectivity index (χ0n) is 8.22. The lowest BCUT2D eigenvalue weighted by Crippen LogP contribution is -2.21. The van der Waals surface area contributed by atoms with Crippen LogP contribution in [0.5, 0.6) is 0 Å². The molecule has 0 radical (unpaired) electrons. The van der Waals surface area contributed by atoms with E-state index in [2.05, 4.69) is 26.2 Å². The Morgan fingerprint density at radius 1 is 1.50 bits per heavy atom. The Balaban J connectivity index is 2.48. The molecule has 0 spiro atoms. The van der Waals surface area contributed by atoms with Crippen LogP contribution < -0.4 is 10.9 Å². The van der Waals surface area contributed by atoms with Crippen molar-refractivity contribution in [3.8, 4) is 0 Å². The van der Waals surface area contributed by atoms with E-state index in [0.717, 1.165) is 24.3 Å². The van der Waals surface area contributed by atoms with Crippen LogP contribution in [0.2, 0.25) is 0 Å². The van der Waals surface area contributed by atoms with Gasteiger partial charge in [0, 0.05) is 24.5 Å². The van der Waals surface area contributed by atoms with Crippen molar-refractivity contribution < 1.29 is 4.39 Å². The van der Waals surface area contributed by atoms with E-state index >= 15 is 0 Å². The van der Waals surface area contributed by atoms with E-state index in [1.54, 1.807) is 10.6 Å². The van der Waals surface area contributed by atoms with Crippen molar-refractivity contribution in [1.82, 2.24) is 9.55 Å². The highest BCUT2D eigenvalue weighted by molar-refractivity contribution is 9.10. The first-order chi connectivity index (χ1) is 7.66. The summed E-state index contributed by atoms with van der Waals surface area (Å²) < 4.78 is 15.6. The first-order valence-corrected chi connectivity index (χ1v) is 5.64. The van der Waals surface area contributed by atoms with Crippen molar-refractivity contribution >= 4 is 32.7 Å². The van der Waals surface area contributed by atoms with Crippen LogP contribution in [-0.4, -0.2) is 16.1 Å². The molecular formula is C10H8BrFN4. The van der Waals surface area contributed by atoms with Crippen LogP contribution in [-0.2, 0) is 6.54 Å². The quantitative estimate of drug-likeness (QED) is 0.775. The predicted octanol–water partition coefficient (Wildman–Crippen LogP) is 1.84. The van der Waals surface area contributed by atoms with E-state index < -0.39 is 0 Å². The fourth-order valence-electron chi connectivity index (χ4n) is 1.94. The van der Waals surface area contributed by atoms with Crippen LogP contribution in [0.25, 0.3) is 10.9 Å². The second kappa shape index (κ2) is 3.28. The van der Waals surface area contributed by atoms with E-state index in [1.165, 1.54) is 6.07 Å². The van der Waals surface area contributed by atoms with Crippen molar-refractivity contribution in [2.75, 3.05) is 11.9 Å². The van der Waals surface area contributed by atoms with Crippen molar-refractivity contribution in [2.45, 2.75) is 6.54 Å². The van der Waals surface area contributed by atoms with Crippen LogP contribution in [0.4, 0.5) is 10.2 Å². The normalized spacial score (nSPS) is 13.9. The molecule has 1 aliphatic heterocycles. The third kappa shape index (κ3) is 1.26. The number of fused-ring (bicyclic) bond motifs is 3. The smallest absolute Gasteiger partial charge is 0.224 e. The summed E-state index contributed by atoms with van der Waals surface area (Å²) in [5.41, 5.74) is 0.667. The summed E-state index contributed by atoms with van der Waals surface area (Å²) in [5.74, 6) is 0.484. The number of nitrogens with zero attached hydrogens (tertiary/aromatic N) is 2. The Morgan fingerprint density at radius 2 is 2.31 bits per heavy atom. The minimum absolute atomic E-state index is 0.161. The van der Waals surface area contributed by atoms with Gasteiger partial charge in [-0.25, -0.2) is 9.37 Å². The number of halogens is 2. The molecule has 1 aromatic carbocycles. The average molecular weight is 283 g/mol. The molecule has 1 aromatic heterocycles. The Bertz CT molecular complexity index is 649. The highest BCUT2D eigenvalue weighted by Crippen LogP contribution is 2.27. The SMILES string of the molecule is N=c1nc2cc(F)c(Br)cc2c2n1CCN2. The molecule has 0 bridgehead atoms. The first kappa shape index (κ1) is 9.77. The van der Waals surface area contributed by atoms with Crippen LogP contribution in [0.3, 0.4) is 0 Å². The zero-order valence-corrected chi connectivity index (χ0v) is 9.81. The molecule has 0 saturated carbocycles. The van der Waals surface area contributed by atoms with Gasteiger partial charge < -0.3 is 5.32 Å². The molecule has 0 unspecified atom stereocenters. The minimum Gasteiger partial charge on any atom is -0.369 e. The van der Waals surface area contributed by atoms with E-state index in [-0.39, 0.29) is 11.4 Å². The van der Waals surface area contributed by atoms with E-state index in [9.17, 15) is 4.39 Å². The Kier molecular flexibility index (Phi) is 2.00. The summed E-state index contributed by atoms with van der Waals surface area (Å²) in [7, 11) is 0. The molecule has 2 N–H and O–H groups in total. The fraction of sp³-hybridized carbons (Fsp3) is 0.200. The molecule has 2 heterocycles. The van der Waals surface area contributed by atoms with E-state index in [4.69, 9.17) is 5.41 Å². The predicted molar refractivity (Wildman–Crippen MR) is 61.7 cm³/mol. The molecule has 0 saturated heterocycles. The highest BCUT2D eigenvalue weighted by Gasteiger charge is 2.15. The molecule has 6 heteroatoms. The number of anilines is 1. The average Bonchev–Trinajstić information content (AvgIpc) is 2.71. The van der Waals surface area contributed by atoms with Gasteiger partial charge in [-0.05, 0) is 22.0 Å². The molecule has 0 atom stereocenters. The second-order valence-corrected chi connectivity index (χ2v) is 4.50. The van der Waals surface area contributed by atoms with Crippen molar-refractivity contribution in [3.63, 3.8) is 0 Å². The van der Waals surface area contributed by atoms with Crippen LogP contribution in [0.15, 0.2) is 16.6 Å². The third-order valence-corrected chi connectivity index (χ3v) is 3.28. The van der Waals surface area contributed by atoms with E-state index in [1.807, 2.05) is 0 Å². The minimum atomic E-state index is -0.359. The molecule has 2 aromatic rings. The summed E-state index contributed by atoms with van der Waals surface area (Å²) in [6, 6.07) is 3.04. The molecular weight excluding hydrogens is 275 g/mol. The largest absolute Gasteiger partial charge is 0.369 e. The number of aromatic nitrogens is 2. The number of hydrogen-bond donors (Lipinski definition) is 2. The molecule has 4 nitrogen and oxygen atoms in total. The molecule has 82 valence electrons. The summed E-state index contributed by atoms with van der Waals surface area (Å²) in [5, 5.41) is 11.8. The van der Waals surface area contributed by atoms with Crippen LogP contribution >= 0.6 is 15.9 Å². The topological polar surface area (TPSA) is 53.7 Å². The maximum atomic E-state index is 13.4. The Morgan fingerprint density at radius 3 is 3.12 bits per heavy atom. The standard InChI is InChI=1S/C10H8BrFN4/c11-6-3-5-8(4-7(6)12)15-10(13)16-2-1-14-9(5)16/h3-4,13-14H,1-2H2. The zero-order chi connectivity index (χ0) is 11.3. The number of rotatable bonds is 0. The van der Waals surface area contributed by atoms with Gasteiger partial charge in [0.15, 0.2) is 0 Å². The molecule has 0 aliphatic carbocycles. The van der Waals surface area contributed by atoms with Crippen molar-refractivity contribution in [3.05, 3.63) is 28.0 Å². The number of nitrogens with one attached hydrogen (secondary N) is 2. The summed E-state index contributed by atoms with van der Waals surface area (Å²) >= 11 is 3.16. The maximum Gasteiger partial charge on any atom is 0.224 e. The second-order valence-electron chi connectivity index (χ2n) is 3.65. The number of benzene rings is 1. The van der Waals surface area contributed by atoms with Gasteiger partial charge in [-0.3, -0.25) is 9.98 Å². The van der Waals surface area contributed by atoms with Gasteiger partial charge in [-0.15, -0.1) is 0 Å². The van der Waals surface area contributed by atoms with Gasteiger partial charge in [0.05, 0.1) is 9.99 Å². The van der Waals surface area contributed by atoms with Gasteiger partial charge in [0.1, 0.15) is 11.6 Å². The Hall–Kier alpha value is -1.43. The summed E-state index contributed by atoms with van der Waals surface area (Å²) in [4.78, 5) is 4.08. The number of hydrogen-bond acceptors (Lipinski definition) is 3. The van der Waals surface area contributed by atoms with Crippen LogP contribution in [0.1, 0.15) is 0 Å². The molecule has 1 aliphatic rings. The van der Waals surface area contributed by atoms with Crippen LogP contribution in [0, 0.1) is 11.2 Å². The lowest BCUT2D eigenvalue weighted by molar-refractivity contribution is 0.622. The summed E-state index contributed by atoms with van der Waals surface area (Å²) in [6.45, 7) is 1.51. The van der Waals surface area contributed by atoms with Gasteiger partial charge in [-0.1, -0.05) is 0 Å². The molecule has 0 amide bonds. The molecule has 16 heavy (non-hydrogen) atoms. The molecule has 0 fully saturated rings. The van der Waals surface area contributed by atoms with Crippen molar-refractivity contribution in [1.29, 1.82) is 5.41 Å². The molecule has 3 rings (SSSR count). The highest BCUT2D eigenvalue weighted by atomic mass is 79.9. The monoisotopic (exact) mass is 282 g/mol. The lowest BCUT2D eigenvalue weighted by atomic mass is 10.2.